The number of hydrogen-bond acceptors (Lipinski definition) is 2. The van der Waals surface area contributed by atoms with Gasteiger partial charge in [0.05, 0.1) is 6.42 Å². The molecule has 2 nitrogen and oxygen atoms in total. The van der Waals surface area contributed by atoms with Gasteiger partial charge in [0.15, 0.2) is 0 Å². The Hall–Kier alpha value is -1.23. The van der Waals surface area contributed by atoms with Crippen LogP contribution < -0.4 is 10.2 Å². The van der Waals surface area contributed by atoms with Gasteiger partial charge in [-0.3, -0.25) is 0 Å². The number of aryl methyl sites for hydroxylation is 1. The summed E-state index contributed by atoms with van der Waals surface area (Å²) in [5.41, 5.74) is 3.17. The van der Waals surface area contributed by atoms with Crippen LogP contribution in [0, 0.1) is 6.92 Å². The molecule has 2 rings (SSSR count). The molecule has 20 heavy (non-hydrogen) atoms. The van der Waals surface area contributed by atoms with E-state index in [9.17, 15) is 13.2 Å². The maximum Gasteiger partial charge on any atom is 0.390 e. The number of nitrogens with one attached hydrogen (secondary N) is 1. The molecule has 0 unspecified atom stereocenters. The number of benzene rings is 1. The minimum atomic E-state index is -4.10. The van der Waals surface area contributed by atoms with Gasteiger partial charge in [0.2, 0.25) is 0 Å². The fourth-order valence-corrected chi connectivity index (χ4v) is 2.08. The molecular formula is C15H21F3N2. The predicted molar refractivity (Wildman–Crippen MR) is 75.0 cm³/mol. The molecule has 0 spiro atoms. The number of alkyl halides is 3. The van der Waals surface area contributed by atoms with Crippen molar-refractivity contribution in [3.63, 3.8) is 0 Å². The lowest BCUT2D eigenvalue weighted by molar-refractivity contribution is -0.132. The third-order valence-corrected chi connectivity index (χ3v) is 3.66. The molecule has 1 aromatic carbocycles. The molecule has 0 aliphatic heterocycles. The molecular weight excluding hydrogens is 265 g/mol. The van der Waals surface area contributed by atoms with Gasteiger partial charge in [0.25, 0.3) is 0 Å². The van der Waals surface area contributed by atoms with Gasteiger partial charge in [0.1, 0.15) is 0 Å². The number of halogens is 3. The highest BCUT2D eigenvalue weighted by atomic mass is 19.4. The van der Waals surface area contributed by atoms with Crippen LogP contribution in [-0.2, 0) is 6.54 Å². The van der Waals surface area contributed by atoms with Crippen molar-refractivity contribution in [2.24, 2.45) is 0 Å². The van der Waals surface area contributed by atoms with Crippen LogP contribution in [0.25, 0.3) is 0 Å². The smallest absolute Gasteiger partial charge is 0.374 e. The molecule has 0 heterocycles. The van der Waals surface area contributed by atoms with Crippen LogP contribution in [0.4, 0.5) is 18.9 Å². The largest absolute Gasteiger partial charge is 0.390 e. The van der Waals surface area contributed by atoms with E-state index in [4.69, 9.17) is 0 Å². The van der Waals surface area contributed by atoms with Crippen molar-refractivity contribution in [3.05, 3.63) is 29.3 Å². The standard InChI is InChI=1S/C15H21F3N2/c1-11-9-14(20(2)8-7-15(16,17)18)6-3-12(11)10-19-13-4-5-13/h3,6,9,13,19H,4-5,7-8,10H2,1-2H3. The summed E-state index contributed by atoms with van der Waals surface area (Å²) < 4.78 is 36.7. The Labute approximate surface area is 118 Å². The minimum absolute atomic E-state index is 0.0113. The highest BCUT2D eigenvalue weighted by Gasteiger charge is 2.27. The summed E-state index contributed by atoms with van der Waals surface area (Å²) in [7, 11) is 1.70. The van der Waals surface area contributed by atoms with Crippen molar-refractivity contribution in [2.75, 3.05) is 18.5 Å². The first kappa shape index (κ1) is 15.2. The zero-order valence-electron chi connectivity index (χ0n) is 11.9. The van der Waals surface area contributed by atoms with E-state index in [0.717, 1.165) is 17.8 Å². The zero-order valence-corrected chi connectivity index (χ0v) is 11.9. The Morgan fingerprint density at radius 2 is 2.00 bits per heavy atom. The molecule has 0 saturated heterocycles. The Balaban J connectivity index is 1.92. The second kappa shape index (κ2) is 6.04. The van der Waals surface area contributed by atoms with Crippen molar-refractivity contribution in [2.45, 2.75) is 44.9 Å². The zero-order chi connectivity index (χ0) is 14.8. The molecule has 0 amide bonds. The van der Waals surface area contributed by atoms with Crippen molar-refractivity contribution >= 4 is 5.69 Å². The first-order valence-electron chi connectivity index (χ1n) is 6.96. The Morgan fingerprint density at radius 3 is 2.55 bits per heavy atom. The van der Waals surface area contributed by atoms with E-state index in [-0.39, 0.29) is 6.54 Å². The van der Waals surface area contributed by atoms with Crippen LogP contribution in [0.2, 0.25) is 0 Å². The van der Waals surface area contributed by atoms with E-state index in [2.05, 4.69) is 5.32 Å². The minimum Gasteiger partial charge on any atom is -0.374 e. The molecule has 1 aliphatic rings. The van der Waals surface area contributed by atoms with Crippen molar-refractivity contribution in [1.82, 2.24) is 5.32 Å². The van der Waals surface area contributed by atoms with E-state index in [1.165, 1.54) is 18.4 Å². The Morgan fingerprint density at radius 1 is 1.30 bits per heavy atom. The molecule has 1 aliphatic carbocycles. The monoisotopic (exact) mass is 286 g/mol. The third kappa shape index (κ3) is 4.71. The van der Waals surface area contributed by atoms with E-state index >= 15 is 0 Å². The lowest BCUT2D eigenvalue weighted by Gasteiger charge is -2.21. The van der Waals surface area contributed by atoms with Gasteiger partial charge >= 0.3 is 6.18 Å². The lowest BCUT2D eigenvalue weighted by atomic mass is 10.1. The van der Waals surface area contributed by atoms with Crippen LogP contribution in [0.3, 0.4) is 0 Å². The van der Waals surface area contributed by atoms with Gasteiger partial charge in [-0.25, -0.2) is 0 Å². The fraction of sp³-hybridized carbons (Fsp3) is 0.600. The van der Waals surface area contributed by atoms with Crippen LogP contribution in [-0.4, -0.2) is 25.8 Å². The summed E-state index contributed by atoms with van der Waals surface area (Å²) in [4.78, 5) is 1.65. The van der Waals surface area contributed by atoms with E-state index in [1.54, 1.807) is 11.9 Å². The van der Waals surface area contributed by atoms with Crippen molar-refractivity contribution in [3.8, 4) is 0 Å². The maximum absolute atomic E-state index is 12.2. The molecule has 0 atom stereocenters. The van der Waals surface area contributed by atoms with E-state index in [0.29, 0.717) is 6.04 Å². The van der Waals surface area contributed by atoms with Gasteiger partial charge in [-0.1, -0.05) is 6.07 Å². The lowest BCUT2D eigenvalue weighted by Crippen LogP contribution is -2.24. The third-order valence-electron chi connectivity index (χ3n) is 3.66. The summed E-state index contributed by atoms with van der Waals surface area (Å²) in [6, 6.07) is 6.51. The maximum atomic E-state index is 12.2. The second-order valence-corrected chi connectivity index (χ2v) is 5.55. The molecule has 0 aromatic heterocycles. The summed E-state index contributed by atoms with van der Waals surface area (Å²) in [6.45, 7) is 2.83. The van der Waals surface area contributed by atoms with Gasteiger partial charge in [-0.2, -0.15) is 13.2 Å². The molecule has 1 fully saturated rings. The number of rotatable bonds is 6. The molecule has 1 aromatic rings. The number of nitrogens with zero attached hydrogens (tertiary/aromatic N) is 1. The molecule has 0 radical (unpaired) electrons. The van der Waals surface area contributed by atoms with Crippen LogP contribution in [0.1, 0.15) is 30.4 Å². The molecule has 1 N–H and O–H groups in total. The average molecular weight is 286 g/mol. The Bertz CT molecular complexity index is 453. The predicted octanol–water partition coefficient (Wildman–Crippen LogP) is 3.64. The molecule has 5 heteroatoms. The van der Waals surface area contributed by atoms with Crippen LogP contribution >= 0.6 is 0 Å². The van der Waals surface area contributed by atoms with Crippen LogP contribution in [0.15, 0.2) is 18.2 Å². The first-order chi connectivity index (χ1) is 9.35. The van der Waals surface area contributed by atoms with E-state index in [1.807, 2.05) is 25.1 Å². The molecule has 1 saturated carbocycles. The number of hydrogen-bond donors (Lipinski definition) is 1. The van der Waals surface area contributed by atoms with E-state index < -0.39 is 12.6 Å². The SMILES string of the molecule is Cc1cc(N(C)CCC(F)(F)F)ccc1CNC1CC1. The summed E-state index contributed by atoms with van der Waals surface area (Å²) in [5.74, 6) is 0. The first-order valence-corrected chi connectivity index (χ1v) is 6.96. The van der Waals surface area contributed by atoms with Gasteiger partial charge < -0.3 is 10.2 Å². The summed E-state index contributed by atoms with van der Waals surface area (Å²) in [5, 5.41) is 3.45. The number of anilines is 1. The highest BCUT2D eigenvalue weighted by molar-refractivity contribution is 5.50. The fourth-order valence-electron chi connectivity index (χ4n) is 2.08. The normalized spacial score (nSPS) is 15.4. The quantitative estimate of drug-likeness (QED) is 0.859. The second-order valence-electron chi connectivity index (χ2n) is 5.55. The van der Waals surface area contributed by atoms with Crippen molar-refractivity contribution in [1.29, 1.82) is 0 Å². The average Bonchev–Trinajstić information content (AvgIpc) is 3.17. The highest BCUT2D eigenvalue weighted by Crippen LogP contribution is 2.24. The topological polar surface area (TPSA) is 15.3 Å². The molecule has 112 valence electrons. The van der Waals surface area contributed by atoms with Crippen LogP contribution in [0.5, 0.6) is 0 Å². The Kier molecular flexibility index (Phi) is 4.58. The van der Waals surface area contributed by atoms with Crippen molar-refractivity contribution < 1.29 is 13.2 Å². The van der Waals surface area contributed by atoms with Gasteiger partial charge in [0, 0.05) is 31.9 Å². The van der Waals surface area contributed by atoms with Gasteiger partial charge in [-0.05, 0) is 43.0 Å². The summed E-state index contributed by atoms with van der Waals surface area (Å²) >= 11 is 0. The van der Waals surface area contributed by atoms with Gasteiger partial charge in [-0.15, -0.1) is 0 Å². The summed E-state index contributed by atoms with van der Waals surface area (Å²) in [6.07, 6.45) is -2.39. The molecule has 0 bridgehead atoms.